The number of aliphatic imine (C=N–C) groups is 1. The molecule has 5 heteroatoms. The lowest BCUT2D eigenvalue weighted by Crippen LogP contribution is -2.43. The van der Waals surface area contributed by atoms with E-state index < -0.39 is 0 Å². The first-order valence-corrected chi connectivity index (χ1v) is 14.3. The Kier molecular flexibility index (Phi) is 12.2. The number of nitrogens with zero attached hydrogens (tertiary/aromatic N) is 3. The molecule has 5 nitrogen and oxygen atoms in total. The first-order chi connectivity index (χ1) is 18.3. The van der Waals surface area contributed by atoms with Gasteiger partial charge in [-0.1, -0.05) is 84.5 Å². The summed E-state index contributed by atoms with van der Waals surface area (Å²) < 4.78 is 2.14. The van der Waals surface area contributed by atoms with E-state index in [1.54, 1.807) is 0 Å². The molecular weight excluding hydrogens is 480 g/mol. The number of hydrogen-bond acceptors (Lipinski definition) is 3. The largest absolute Gasteiger partial charge is 0.348 e. The molecule has 0 unspecified atom stereocenters. The zero-order valence-electron chi connectivity index (χ0n) is 25.9. The molecule has 39 heavy (non-hydrogen) atoms. The molecule has 0 aliphatic rings. The average molecular weight is 531 g/mol. The van der Waals surface area contributed by atoms with Gasteiger partial charge in [-0.2, -0.15) is 0 Å². The van der Waals surface area contributed by atoms with Crippen LogP contribution in [0.1, 0.15) is 86.5 Å². The van der Waals surface area contributed by atoms with Crippen LogP contribution in [0, 0.1) is 17.8 Å². The van der Waals surface area contributed by atoms with Crippen LogP contribution in [0.15, 0.2) is 65.5 Å². The number of aryl methyl sites for hydroxylation is 2. The number of rotatable bonds is 13. The lowest BCUT2D eigenvalue weighted by molar-refractivity contribution is -0.122. The van der Waals surface area contributed by atoms with E-state index in [2.05, 4.69) is 115 Å². The normalized spacial score (nSPS) is 13.9. The lowest BCUT2D eigenvalue weighted by Gasteiger charge is -2.23. The Bertz CT molecular complexity index is 1210. The average Bonchev–Trinajstić information content (AvgIpc) is 3.23. The maximum absolute atomic E-state index is 12.4. The Hall–Kier alpha value is -3.21. The van der Waals surface area contributed by atoms with Crippen molar-refractivity contribution in [2.45, 2.75) is 87.6 Å². The number of imidazole rings is 1. The Morgan fingerprint density at radius 3 is 2.23 bits per heavy atom. The predicted octanol–water partition coefficient (Wildman–Crippen LogP) is 8.19. The van der Waals surface area contributed by atoms with Crippen LogP contribution < -0.4 is 5.32 Å². The van der Waals surface area contributed by atoms with Gasteiger partial charge >= 0.3 is 0 Å². The third kappa shape index (κ3) is 10.1. The molecule has 0 radical (unpaired) electrons. The first-order valence-electron chi connectivity index (χ1n) is 14.3. The summed E-state index contributed by atoms with van der Waals surface area (Å²) in [5.74, 6) is 2.43. The summed E-state index contributed by atoms with van der Waals surface area (Å²) in [6, 6.07) is 8.48. The molecule has 0 saturated heterocycles. The SMILES string of the molecule is C=C(N=C(C)[C@@H](NC(=O)CC(C)C)C(C)C)/C(C)=C/C=C(\C)c1ccc(-c2cn(C)c(CCC(C)C)n2)cc1. The summed E-state index contributed by atoms with van der Waals surface area (Å²) in [6.07, 6.45) is 8.94. The number of nitrogens with one attached hydrogen (secondary N) is 1. The van der Waals surface area contributed by atoms with Crippen LogP contribution in [-0.4, -0.2) is 27.2 Å². The van der Waals surface area contributed by atoms with Crippen LogP contribution in [0.2, 0.25) is 0 Å². The summed E-state index contributed by atoms with van der Waals surface area (Å²) >= 11 is 0. The van der Waals surface area contributed by atoms with E-state index in [4.69, 9.17) is 9.98 Å². The highest BCUT2D eigenvalue weighted by Gasteiger charge is 2.20. The molecule has 2 aromatic rings. The maximum Gasteiger partial charge on any atom is 0.220 e. The van der Waals surface area contributed by atoms with Crippen molar-refractivity contribution < 1.29 is 4.79 Å². The second kappa shape index (κ2) is 14.8. The van der Waals surface area contributed by atoms with E-state index in [-0.39, 0.29) is 17.9 Å². The van der Waals surface area contributed by atoms with Crippen LogP contribution in [-0.2, 0) is 18.3 Å². The van der Waals surface area contributed by atoms with Gasteiger partial charge in [0.1, 0.15) is 5.82 Å². The summed E-state index contributed by atoms with van der Waals surface area (Å²) in [5, 5.41) is 3.15. The number of carbonyl (C=O) groups excluding carboxylic acids is 1. The molecule has 0 aliphatic heterocycles. The second-order valence-corrected chi connectivity index (χ2v) is 11.9. The monoisotopic (exact) mass is 530 g/mol. The fourth-order valence-corrected chi connectivity index (χ4v) is 4.37. The van der Waals surface area contributed by atoms with Crippen molar-refractivity contribution in [1.29, 1.82) is 0 Å². The molecule has 0 saturated carbocycles. The maximum atomic E-state index is 12.4. The van der Waals surface area contributed by atoms with E-state index in [1.165, 1.54) is 0 Å². The Balaban J connectivity index is 2.11. The third-order valence-electron chi connectivity index (χ3n) is 6.93. The van der Waals surface area contributed by atoms with Crippen molar-refractivity contribution >= 4 is 17.2 Å². The fourth-order valence-electron chi connectivity index (χ4n) is 4.37. The smallest absolute Gasteiger partial charge is 0.220 e. The highest BCUT2D eigenvalue weighted by atomic mass is 16.1. The number of amides is 1. The van der Waals surface area contributed by atoms with Crippen LogP contribution >= 0.6 is 0 Å². The van der Waals surface area contributed by atoms with Gasteiger partial charge in [-0.25, -0.2) is 4.98 Å². The summed E-state index contributed by atoms with van der Waals surface area (Å²) in [5.41, 5.74) is 7.04. The molecule has 1 aromatic carbocycles. The minimum absolute atomic E-state index is 0.0651. The Morgan fingerprint density at radius 1 is 1.03 bits per heavy atom. The standard InChI is InChI=1S/C34H50N4O/c1-22(2)12-19-32-36-31(21-38(32)11)30-17-15-29(16-18-30)26(8)14-13-25(7)27(9)35-28(10)34(24(5)6)37-33(39)20-23(3)4/h13-18,21-24,34H,9,12,19-20H2,1-8,10-11H3,(H,37,39)/b25-13+,26-14+,35-28?/t34-/m0/s1. The van der Waals surface area contributed by atoms with E-state index in [9.17, 15) is 4.79 Å². The molecule has 1 aromatic heterocycles. The van der Waals surface area contributed by atoms with Crippen molar-refractivity contribution in [2.24, 2.45) is 29.8 Å². The van der Waals surface area contributed by atoms with Gasteiger partial charge in [0.15, 0.2) is 0 Å². The highest BCUT2D eigenvalue weighted by molar-refractivity contribution is 5.92. The van der Waals surface area contributed by atoms with Gasteiger partial charge in [-0.3, -0.25) is 9.79 Å². The van der Waals surface area contributed by atoms with Gasteiger partial charge in [0.25, 0.3) is 0 Å². The molecule has 0 aliphatic carbocycles. The summed E-state index contributed by atoms with van der Waals surface area (Å²) in [4.78, 5) is 22.0. The molecule has 0 bridgehead atoms. The molecule has 0 fully saturated rings. The first kappa shape index (κ1) is 32.0. The number of aromatic nitrogens is 2. The topological polar surface area (TPSA) is 59.3 Å². The van der Waals surface area contributed by atoms with Crippen molar-refractivity contribution in [2.75, 3.05) is 0 Å². The quantitative estimate of drug-likeness (QED) is 0.210. The molecular formula is C34H50N4O. The van der Waals surface area contributed by atoms with E-state index >= 15 is 0 Å². The lowest BCUT2D eigenvalue weighted by atomic mass is 9.99. The fraction of sp³-hybridized carbons (Fsp3) is 0.500. The van der Waals surface area contributed by atoms with Gasteiger partial charge in [0.05, 0.1) is 17.4 Å². The van der Waals surface area contributed by atoms with Crippen molar-refractivity contribution in [3.8, 4) is 11.3 Å². The van der Waals surface area contributed by atoms with Crippen molar-refractivity contribution in [1.82, 2.24) is 14.9 Å². The molecule has 1 N–H and O–H groups in total. The molecule has 212 valence electrons. The minimum atomic E-state index is -0.109. The van der Waals surface area contributed by atoms with Gasteiger partial charge in [-0.05, 0) is 61.7 Å². The van der Waals surface area contributed by atoms with Crippen LogP contribution in [0.25, 0.3) is 16.8 Å². The molecule has 1 heterocycles. The predicted molar refractivity (Wildman–Crippen MR) is 168 cm³/mol. The van der Waals surface area contributed by atoms with Gasteiger partial charge in [0, 0.05) is 37.4 Å². The van der Waals surface area contributed by atoms with E-state index in [0.29, 0.717) is 24.0 Å². The molecule has 2 rings (SSSR count). The van der Waals surface area contributed by atoms with Crippen LogP contribution in [0.4, 0.5) is 0 Å². The number of hydrogen-bond donors (Lipinski definition) is 1. The van der Waals surface area contributed by atoms with Crippen LogP contribution in [0.3, 0.4) is 0 Å². The van der Waals surface area contributed by atoms with Gasteiger partial charge in [0.2, 0.25) is 5.91 Å². The molecule has 1 amide bonds. The molecule has 1 atom stereocenters. The molecule has 0 spiro atoms. The third-order valence-corrected chi connectivity index (χ3v) is 6.93. The van der Waals surface area contributed by atoms with Gasteiger partial charge in [-0.15, -0.1) is 0 Å². The zero-order valence-corrected chi connectivity index (χ0v) is 25.9. The Morgan fingerprint density at radius 2 is 1.67 bits per heavy atom. The van der Waals surface area contributed by atoms with Crippen LogP contribution in [0.5, 0.6) is 0 Å². The highest BCUT2D eigenvalue weighted by Crippen LogP contribution is 2.23. The second-order valence-electron chi connectivity index (χ2n) is 11.9. The van der Waals surface area contributed by atoms with Gasteiger partial charge < -0.3 is 9.88 Å². The van der Waals surface area contributed by atoms with Crippen molar-refractivity contribution in [3.05, 3.63) is 71.9 Å². The zero-order chi connectivity index (χ0) is 29.3. The summed E-state index contributed by atoms with van der Waals surface area (Å²) in [7, 11) is 2.08. The summed E-state index contributed by atoms with van der Waals surface area (Å²) in [6.45, 7) is 23.1. The number of allylic oxidation sites excluding steroid dienone is 4. The number of carbonyl (C=O) groups is 1. The van der Waals surface area contributed by atoms with E-state index in [1.807, 2.05) is 13.8 Å². The minimum Gasteiger partial charge on any atom is -0.348 e. The Labute approximate surface area is 237 Å². The number of benzene rings is 1. The van der Waals surface area contributed by atoms with E-state index in [0.717, 1.165) is 52.3 Å². The van der Waals surface area contributed by atoms with Crippen molar-refractivity contribution in [3.63, 3.8) is 0 Å².